The lowest BCUT2D eigenvalue weighted by Crippen LogP contribution is -2.25. The van der Waals surface area contributed by atoms with Crippen LogP contribution in [0.2, 0.25) is 0 Å². The summed E-state index contributed by atoms with van der Waals surface area (Å²) in [7, 11) is 0. The van der Waals surface area contributed by atoms with E-state index in [-0.39, 0.29) is 6.04 Å². The maximum Gasteiger partial charge on any atom is 0.124 e. The summed E-state index contributed by atoms with van der Waals surface area (Å²) in [6, 6.07) is 17.5. The van der Waals surface area contributed by atoms with E-state index in [1.54, 1.807) is 0 Å². The van der Waals surface area contributed by atoms with E-state index >= 15 is 0 Å². The Morgan fingerprint density at radius 2 is 1.89 bits per heavy atom. The third kappa shape index (κ3) is 2.77. The van der Waals surface area contributed by atoms with E-state index in [9.17, 15) is 0 Å². The van der Waals surface area contributed by atoms with E-state index in [4.69, 9.17) is 4.74 Å². The maximum atomic E-state index is 5.70. The molecular weight excluding hydrogens is 349 g/mol. The number of fused-ring (bicyclic) bond motifs is 1. The van der Waals surface area contributed by atoms with Crippen LogP contribution in [0.15, 0.2) is 48.5 Å². The number of hydrogen-bond donors (Lipinski definition) is 1. The summed E-state index contributed by atoms with van der Waals surface area (Å²) in [5, 5.41) is 3.64. The molecule has 98 valence electrons. The third-order valence-electron chi connectivity index (χ3n) is 3.52. The van der Waals surface area contributed by atoms with Crippen LogP contribution in [0.3, 0.4) is 0 Å². The topological polar surface area (TPSA) is 21.3 Å². The molecule has 0 spiro atoms. The molecule has 0 radical (unpaired) electrons. The highest BCUT2D eigenvalue weighted by Gasteiger charge is 2.24. The third-order valence-corrected chi connectivity index (χ3v) is 4.24. The van der Waals surface area contributed by atoms with Gasteiger partial charge in [-0.25, -0.2) is 0 Å². The molecule has 0 saturated carbocycles. The van der Waals surface area contributed by atoms with E-state index in [1.807, 2.05) is 12.1 Å². The van der Waals surface area contributed by atoms with Gasteiger partial charge in [0, 0.05) is 15.2 Å². The molecule has 1 aliphatic rings. The zero-order valence-electron chi connectivity index (χ0n) is 10.8. The molecule has 2 atom stereocenters. The molecule has 3 heteroatoms. The van der Waals surface area contributed by atoms with Gasteiger partial charge in [0.15, 0.2) is 0 Å². The van der Waals surface area contributed by atoms with Crippen molar-refractivity contribution in [2.75, 3.05) is 6.61 Å². The van der Waals surface area contributed by atoms with Gasteiger partial charge in [0.25, 0.3) is 0 Å². The lowest BCUT2D eigenvalue weighted by molar-refractivity contribution is 0.301. The first-order valence-corrected chi connectivity index (χ1v) is 7.55. The van der Waals surface area contributed by atoms with Crippen LogP contribution in [-0.2, 0) is 0 Å². The Balaban J connectivity index is 1.74. The van der Waals surface area contributed by atoms with Crippen LogP contribution in [0.4, 0.5) is 0 Å². The van der Waals surface area contributed by atoms with Gasteiger partial charge >= 0.3 is 0 Å². The van der Waals surface area contributed by atoms with E-state index < -0.39 is 0 Å². The molecule has 0 aromatic heterocycles. The van der Waals surface area contributed by atoms with Gasteiger partial charge in [-0.1, -0.05) is 30.3 Å². The first-order chi connectivity index (χ1) is 9.24. The van der Waals surface area contributed by atoms with Crippen LogP contribution < -0.4 is 10.1 Å². The first-order valence-electron chi connectivity index (χ1n) is 6.47. The van der Waals surface area contributed by atoms with Gasteiger partial charge in [0.1, 0.15) is 12.4 Å². The minimum atomic E-state index is 0.283. The summed E-state index contributed by atoms with van der Waals surface area (Å²) in [5.74, 6) is 1.01. The van der Waals surface area contributed by atoms with Crippen LogP contribution in [0.5, 0.6) is 5.75 Å². The molecule has 2 unspecified atom stereocenters. The Morgan fingerprint density at radius 3 is 2.68 bits per heavy atom. The van der Waals surface area contributed by atoms with Gasteiger partial charge in [-0.15, -0.1) is 0 Å². The molecule has 2 nitrogen and oxygen atoms in total. The van der Waals surface area contributed by atoms with Gasteiger partial charge in [-0.05, 0) is 53.3 Å². The molecule has 0 bridgehead atoms. The standard InChI is InChI=1S/C16H16INO/c1-11(12-6-8-13(17)9-7-12)18-15-10-19-16-5-3-2-4-14(15)16/h2-9,11,15,18H,10H2,1H3. The fourth-order valence-electron chi connectivity index (χ4n) is 2.45. The quantitative estimate of drug-likeness (QED) is 0.828. The van der Waals surface area contributed by atoms with Crippen molar-refractivity contribution < 1.29 is 4.74 Å². The van der Waals surface area contributed by atoms with Crippen molar-refractivity contribution in [3.8, 4) is 5.75 Å². The Kier molecular flexibility index (Phi) is 3.75. The largest absolute Gasteiger partial charge is 0.491 e. The smallest absolute Gasteiger partial charge is 0.124 e. The van der Waals surface area contributed by atoms with E-state index in [0.29, 0.717) is 12.6 Å². The molecule has 1 aliphatic heterocycles. The summed E-state index contributed by atoms with van der Waals surface area (Å²) in [6.07, 6.45) is 0. The normalized spacial score (nSPS) is 18.7. The number of para-hydroxylation sites is 1. The van der Waals surface area contributed by atoms with Crippen molar-refractivity contribution in [1.82, 2.24) is 5.32 Å². The van der Waals surface area contributed by atoms with Crippen LogP contribution in [0.1, 0.15) is 30.1 Å². The predicted octanol–water partition coefficient (Wildman–Crippen LogP) is 4.08. The zero-order valence-corrected chi connectivity index (χ0v) is 12.9. The molecule has 0 fully saturated rings. The molecule has 2 aromatic carbocycles. The van der Waals surface area contributed by atoms with Crippen LogP contribution in [-0.4, -0.2) is 6.61 Å². The summed E-state index contributed by atoms with van der Waals surface area (Å²) in [4.78, 5) is 0. The van der Waals surface area contributed by atoms with Crippen molar-refractivity contribution in [2.24, 2.45) is 0 Å². The highest BCUT2D eigenvalue weighted by molar-refractivity contribution is 14.1. The van der Waals surface area contributed by atoms with E-state index in [0.717, 1.165) is 5.75 Å². The monoisotopic (exact) mass is 365 g/mol. The molecule has 0 aliphatic carbocycles. The molecule has 1 heterocycles. The Morgan fingerprint density at radius 1 is 1.16 bits per heavy atom. The maximum absolute atomic E-state index is 5.70. The van der Waals surface area contributed by atoms with Crippen LogP contribution in [0, 0.1) is 3.57 Å². The minimum absolute atomic E-state index is 0.283. The minimum Gasteiger partial charge on any atom is -0.491 e. The van der Waals surface area contributed by atoms with E-state index in [1.165, 1.54) is 14.7 Å². The van der Waals surface area contributed by atoms with E-state index in [2.05, 4.69) is 71.2 Å². The SMILES string of the molecule is CC(NC1COc2ccccc21)c1ccc(I)cc1. The number of nitrogens with one attached hydrogen (secondary N) is 1. The number of ether oxygens (including phenoxy) is 1. The average Bonchev–Trinajstić information content (AvgIpc) is 2.83. The number of benzene rings is 2. The molecule has 3 rings (SSSR count). The van der Waals surface area contributed by atoms with Crippen LogP contribution >= 0.6 is 22.6 Å². The summed E-state index contributed by atoms with van der Waals surface area (Å²) in [5.41, 5.74) is 2.57. The van der Waals surface area contributed by atoms with Crippen LogP contribution in [0.25, 0.3) is 0 Å². The van der Waals surface area contributed by atoms with Gasteiger partial charge in [0.2, 0.25) is 0 Å². The Bertz CT molecular complexity index is 567. The Labute approximate surface area is 127 Å². The number of hydrogen-bond acceptors (Lipinski definition) is 2. The average molecular weight is 365 g/mol. The number of halogens is 1. The molecular formula is C16H16INO. The zero-order chi connectivity index (χ0) is 13.2. The molecule has 19 heavy (non-hydrogen) atoms. The van der Waals surface area contributed by atoms with Crippen molar-refractivity contribution in [3.63, 3.8) is 0 Å². The molecule has 0 saturated heterocycles. The molecule has 1 N–H and O–H groups in total. The summed E-state index contributed by atoms with van der Waals surface area (Å²) >= 11 is 2.33. The molecule has 0 amide bonds. The van der Waals surface area contributed by atoms with Crippen molar-refractivity contribution in [3.05, 3.63) is 63.2 Å². The second kappa shape index (κ2) is 5.51. The molecule has 2 aromatic rings. The highest BCUT2D eigenvalue weighted by atomic mass is 127. The Hall–Kier alpha value is -1.07. The fourth-order valence-corrected chi connectivity index (χ4v) is 2.81. The van der Waals surface area contributed by atoms with Gasteiger partial charge in [-0.3, -0.25) is 0 Å². The van der Waals surface area contributed by atoms with Gasteiger partial charge < -0.3 is 10.1 Å². The first kappa shape index (κ1) is 12.9. The lowest BCUT2D eigenvalue weighted by Gasteiger charge is -2.19. The van der Waals surface area contributed by atoms with Gasteiger partial charge in [0.05, 0.1) is 6.04 Å². The second-order valence-electron chi connectivity index (χ2n) is 4.84. The van der Waals surface area contributed by atoms with Gasteiger partial charge in [-0.2, -0.15) is 0 Å². The highest BCUT2D eigenvalue weighted by Crippen LogP contribution is 2.33. The second-order valence-corrected chi connectivity index (χ2v) is 6.09. The van der Waals surface area contributed by atoms with Crippen molar-refractivity contribution in [1.29, 1.82) is 0 Å². The summed E-state index contributed by atoms with van der Waals surface area (Å²) in [6.45, 7) is 2.91. The summed E-state index contributed by atoms with van der Waals surface area (Å²) < 4.78 is 6.97. The van der Waals surface area contributed by atoms with Crippen molar-refractivity contribution >= 4 is 22.6 Å². The predicted molar refractivity (Wildman–Crippen MR) is 85.4 cm³/mol. The lowest BCUT2D eigenvalue weighted by atomic mass is 10.0. The van der Waals surface area contributed by atoms with Crippen molar-refractivity contribution in [2.45, 2.75) is 19.0 Å². The number of rotatable bonds is 3. The fraction of sp³-hybridized carbons (Fsp3) is 0.250.